The van der Waals surface area contributed by atoms with Crippen molar-refractivity contribution >= 4 is 11.0 Å². The number of nitriles is 1. The Labute approximate surface area is 190 Å². The molecule has 1 aliphatic rings. The molecule has 0 saturated carbocycles. The Balaban J connectivity index is 1.55. The predicted octanol–water partition coefficient (Wildman–Crippen LogP) is 5.17. The summed E-state index contributed by atoms with van der Waals surface area (Å²) in [5, 5.41) is 9.41. The number of aryl methyl sites for hydroxylation is 1. The number of ether oxygens (including phenoxy) is 1. The van der Waals surface area contributed by atoms with Gasteiger partial charge in [-0.1, -0.05) is 6.42 Å². The van der Waals surface area contributed by atoms with Gasteiger partial charge in [0.2, 0.25) is 0 Å². The highest BCUT2D eigenvalue weighted by atomic mass is 19.4. The molecule has 1 fully saturated rings. The maximum atomic E-state index is 13.8. The van der Waals surface area contributed by atoms with Crippen molar-refractivity contribution in [3.8, 4) is 23.1 Å². The number of hydrogen-bond donors (Lipinski definition) is 0. The van der Waals surface area contributed by atoms with Gasteiger partial charge in [-0.25, -0.2) is 9.97 Å². The Morgan fingerprint density at radius 1 is 1.24 bits per heavy atom. The number of rotatable bonds is 6. The van der Waals surface area contributed by atoms with Gasteiger partial charge in [-0.2, -0.15) is 18.4 Å². The second kappa shape index (κ2) is 9.40. The van der Waals surface area contributed by atoms with E-state index < -0.39 is 11.7 Å². The molecule has 33 heavy (non-hydrogen) atoms. The number of halogens is 3. The monoisotopic (exact) mass is 457 g/mol. The number of piperidine rings is 1. The molecule has 0 radical (unpaired) electrons. The van der Waals surface area contributed by atoms with Gasteiger partial charge in [0.15, 0.2) is 5.69 Å². The van der Waals surface area contributed by atoms with E-state index in [0.29, 0.717) is 23.5 Å². The van der Waals surface area contributed by atoms with E-state index in [1.54, 1.807) is 30.1 Å². The Bertz CT molecular complexity index is 1180. The third kappa shape index (κ3) is 4.96. The number of fused-ring (bicyclic) bond motifs is 1. The predicted molar refractivity (Wildman–Crippen MR) is 119 cm³/mol. The first-order chi connectivity index (χ1) is 15.8. The van der Waals surface area contributed by atoms with Crippen LogP contribution in [0.1, 0.15) is 43.9 Å². The van der Waals surface area contributed by atoms with Crippen LogP contribution >= 0.6 is 0 Å². The summed E-state index contributed by atoms with van der Waals surface area (Å²) in [5.74, 6) is -0.194. The standard InChI is InChI=1S/C24H26F3N5O/c1-16-6-3-4-9-32(16)10-5-11-33-22-8-7-17(12-18(22)24(25,26)27)19-13-21-23(20(14-28)30-19)29-15-31(21)2/h7-8,12-13,15-16H,3-6,9-11H2,1-2H3. The molecular formula is C24H26F3N5O. The summed E-state index contributed by atoms with van der Waals surface area (Å²) in [6.07, 6.45) is 1.17. The fourth-order valence-electron chi connectivity index (χ4n) is 4.33. The summed E-state index contributed by atoms with van der Waals surface area (Å²) in [6, 6.07) is 8.04. The van der Waals surface area contributed by atoms with Crippen molar-refractivity contribution in [1.29, 1.82) is 5.26 Å². The lowest BCUT2D eigenvalue weighted by Crippen LogP contribution is -2.38. The minimum Gasteiger partial charge on any atom is -0.493 e. The molecule has 4 rings (SSSR count). The minimum absolute atomic E-state index is 0.0731. The van der Waals surface area contributed by atoms with E-state index in [-0.39, 0.29) is 29.3 Å². The fourth-order valence-corrected chi connectivity index (χ4v) is 4.33. The van der Waals surface area contributed by atoms with Crippen molar-refractivity contribution in [3.05, 3.63) is 41.9 Å². The fraction of sp³-hybridized carbons (Fsp3) is 0.458. The first-order valence-electron chi connectivity index (χ1n) is 11.1. The molecule has 0 aliphatic carbocycles. The number of benzene rings is 1. The second-order valence-corrected chi connectivity index (χ2v) is 8.48. The molecule has 1 saturated heterocycles. The average Bonchev–Trinajstić information content (AvgIpc) is 3.17. The SMILES string of the molecule is CC1CCCCN1CCCOc1ccc(-c2cc3c(ncn3C)c(C#N)n2)cc1C(F)(F)F. The Hall–Kier alpha value is -3.12. The van der Waals surface area contributed by atoms with Crippen LogP contribution in [0, 0.1) is 11.3 Å². The van der Waals surface area contributed by atoms with Crippen LogP contribution in [0.4, 0.5) is 13.2 Å². The highest BCUT2D eigenvalue weighted by Gasteiger charge is 2.35. The van der Waals surface area contributed by atoms with Crippen molar-refractivity contribution in [3.63, 3.8) is 0 Å². The zero-order valence-corrected chi connectivity index (χ0v) is 18.7. The molecule has 1 aliphatic heterocycles. The van der Waals surface area contributed by atoms with Crippen LogP contribution in [-0.4, -0.2) is 45.2 Å². The van der Waals surface area contributed by atoms with E-state index in [2.05, 4.69) is 21.8 Å². The molecule has 1 atom stereocenters. The summed E-state index contributed by atoms with van der Waals surface area (Å²) in [6.45, 7) is 4.24. The molecule has 9 heteroatoms. The number of alkyl halides is 3. The quantitative estimate of drug-likeness (QED) is 0.478. The first kappa shape index (κ1) is 23.1. The number of pyridine rings is 1. The van der Waals surface area contributed by atoms with Crippen molar-refractivity contribution in [2.24, 2.45) is 7.05 Å². The molecule has 3 aromatic rings. The van der Waals surface area contributed by atoms with Crippen LogP contribution in [0.2, 0.25) is 0 Å². The van der Waals surface area contributed by atoms with Gasteiger partial charge in [-0.15, -0.1) is 0 Å². The van der Waals surface area contributed by atoms with Crippen molar-refractivity contribution in [2.75, 3.05) is 19.7 Å². The number of nitrogens with zero attached hydrogens (tertiary/aromatic N) is 5. The summed E-state index contributed by atoms with van der Waals surface area (Å²) >= 11 is 0. The second-order valence-electron chi connectivity index (χ2n) is 8.48. The van der Waals surface area contributed by atoms with Crippen LogP contribution in [0.15, 0.2) is 30.6 Å². The number of likely N-dealkylation sites (tertiary alicyclic amines) is 1. The van der Waals surface area contributed by atoms with Gasteiger partial charge in [0.1, 0.15) is 17.3 Å². The van der Waals surface area contributed by atoms with Crippen LogP contribution in [0.3, 0.4) is 0 Å². The maximum Gasteiger partial charge on any atom is 0.419 e. The van der Waals surface area contributed by atoms with E-state index in [0.717, 1.165) is 32.0 Å². The molecule has 0 spiro atoms. The molecule has 2 aromatic heterocycles. The molecule has 0 bridgehead atoms. The first-order valence-corrected chi connectivity index (χ1v) is 11.1. The summed E-state index contributed by atoms with van der Waals surface area (Å²) in [4.78, 5) is 10.8. The van der Waals surface area contributed by atoms with Gasteiger partial charge in [0.25, 0.3) is 0 Å². The van der Waals surface area contributed by atoms with Crippen molar-refractivity contribution in [1.82, 2.24) is 19.4 Å². The number of imidazole rings is 1. The van der Waals surface area contributed by atoms with Gasteiger partial charge in [0, 0.05) is 25.2 Å². The zero-order valence-electron chi connectivity index (χ0n) is 18.7. The van der Waals surface area contributed by atoms with E-state index in [1.165, 1.54) is 12.5 Å². The van der Waals surface area contributed by atoms with E-state index in [9.17, 15) is 18.4 Å². The van der Waals surface area contributed by atoms with Crippen molar-refractivity contribution in [2.45, 2.75) is 44.8 Å². The lowest BCUT2D eigenvalue weighted by Gasteiger charge is -2.33. The highest BCUT2D eigenvalue weighted by Crippen LogP contribution is 2.39. The molecule has 3 heterocycles. The minimum atomic E-state index is -4.58. The summed E-state index contributed by atoms with van der Waals surface area (Å²) < 4.78 is 48.8. The highest BCUT2D eigenvalue weighted by molar-refractivity contribution is 5.84. The average molecular weight is 458 g/mol. The zero-order chi connectivity index (χ0) is 23.6. The summed E-state index contributed by atoms with van der Waals surface area (Å²) in [7, 11) is 1.75. The Morgan fingerprint density at radius 2 is 2.06 bits per heavy atom. The third-order valence-corrected chi connectivity index (χ3v) is 6.19. The molecule has 174 valence electrons. The Kier molecular flexibility index (Phi) is 6.56. The van der Waals surface area contributed by atoms with Gasteiger partial charge in [-0.05, 0) is 57.0 Å². The molecule has 1 unspecified atom stereocenters. The smallest absolute Gasteiger partial charge is 0.419 e. The van der Waals surface area contributed by atoms with E-state index in [4.69, 9.17) is 4.74 Å². The topological polar surface area (TPSA) is 67.0 Å². The van der Waals surface area contributed by atoms with Gasteiger partial charge in [0.05, 0.1) is 29.7 Å². The number of hydrogen-bond acceptors (Lipinski definition) is 5. The van der Waals surface area contributed by atoms with Gasteiger partial charge < -0.3 is 14.2 Å². The third-order valence-electron chi connectivity index (χ3n) is 6.19. The Morgan fingerprint density at radius 3 is 2.79 bits per heavy atom. The summed E-state index contributed by atoms with van der Waals surface area (Å²) in [5.41, 5.74) is 0.802. The molecule has 0 N–H and O–H groups in total. The van der Waals surface area contributed by atoms with E-state index in [1.807, 2.05) is 6.07 Å². The lowest BCUT2D eigenvalue weighted by molar-refractivity contribution is -0.138. The van der Waals surface area contributed by atoms with Crippen LogP contribution in [0.5, 0.6) is 5.75 Å². The molecule has 0 amide bonds. The van der Waals surface area contributed by atoms with Crippen LogP contribution in [0.25, 0.3) is 22.3 Å². The molecular weight excluding hydrogens is 431 g/mol. The lowest BCUT2D eigenvalue weighted by atomic mass is 10.0. The van der Waals surface area contributed by atoms with E-state index >= 15 is 0 Å². The van der Waals surface area contributed by atoms with Crippen LogP contribution in [-0.2, 0) is 13.2 Å². The molecule has 1 aromatic carbocycles. The van der Waals surface area contributed by atoms with Gasteiger partial charge in [-0.3, -0.25) is 0 Å². The molecule has 6 nitrogen and oxygen atoms in total. The van der Waals surface area contributed by atoms with Crippen LogP contribution < -0.4 is 4.74 Å². The van der Waals surface area contributed by atoms with Gasteiger partial charge >= 0.3 is 6.18 Å². The largest absolute Gasteiger partial charge is 0.493 e. The maximum absolute atomic E-state index is 13.8. The normalized spacial score (nSPS) is 17.3. The van der Waals surface area contributed by atoms with Crippen molar-refractivity contribution < 1.29 is 17.9 Å². The number of aromatic nitrogens is 3.